The maximum Gasteiger partial charge on any atom is 0.122 e. The van der Waals surface area contributed by atoms with Gasteiger partial charge in [-0.2, -0.15) is 0 Å². The highest BCUT2D eigenvalue weighted by molar-refractivity contribution is 5.12. The Kier molecular flexibility index (Phi) is 4.66. The lowest BCUT2D eigenvalue weighted by atomic mass is 10.1. The number of nitrogens with zero attached hydrogens (tertiary/aromatic N) is 2. The van der Waals surface area contributed by atoms with Crippen LogP contribution >= 0.6 is 0 Å². The van der Waals surface area contributed by atoms with Gasteiger partial charge in [0, 0.05) is 32.1 Å². The average molecular weight is 265 g/mol. The van der Waals surface area contributed by atoms with E-state index in [-0.39, 0.29) is 6.04 Å². The van der Waals surface area contributed by atoms with Crippen LogP contribution in [0.25, 0.3) is 0 Å². The molecular formula is C15H27N3O. The molecule has 1 aromatic heterocycles. The van der Waals surface area contributed by atoms with Crippen molar-refractivity contribution in [2.75, 3.05) is 33.7 Å². The summed E-state index contributed by atoms with van der Waals surface area (Å²) in [5.41, 5.74) is 5.99. The van der Waals surface area contributed by atoms with Gasteiger partial charge in [-0.1, -0.05) is 13.8 Å². The van der Waals surface area contributed by atoms with Crippen LogP contribution in [-0.4, -0.2) is 49.6 Å². The second kappa shape index (κ2) is 6.07. The van der Waals surface area contributed by atoms with Gasteiger partial charge in [-0.15, -0.1) is 0 Å². The number of likely N-dealkylation sites (N-methyl/N-ethyl adjacent to an activating group) is 1. The minimum atomic E-state index is 0.215. The smallest absolute Gasteiger partial charge is 0.122 e. The summed E-state index contributed by atoms with van der Waals surface area (Å²) in [5, 5.41) is 0. The van der Waals surface area contributed by atoms with Crippen LogP contribution < -0.4 is 5.73 Å². The minimum Gasteiger partial charge on any atom is -0.464 e. The predicted molar refractivity (Wildman–Crippen MR) is 78.1 cm³/mol. The second-order valence-corrected chi connectivity index (χ2v) is 5.87. The van der Waals surface area contributed by atoms with E-state index in [0.29, 0.717) is 18.5 Å². The zero-order valence-corrected chi connectivity index (χ0v) is 12.6. The summed E-state index contributed by atoms with van der Waals surface area (Å²) in [6, 6.07) is 4.98. The fourth-order valence-electron chi connectivity index (χ4n) is 3.12. The molecule has 1 aliphatic heterocycles. The normalized spacial score (nSPS) is 26.2. The first kappa shape index (κ1) is 14.6. The van der Waals surface area contributed by atoms with E-state index in [9.17, 15) is 0 Å². The van der Waals surface area contributed by atoms with Gasteiger partial charge in [0.2, 0.25) is 0 Å². The average Bonchev–Trinajstić information content (AvgIpc) is 2.97. The van der Waals surface area contributed by atoms with E-state index < -0.39 is 0 Å². The summed E-state index contributed by atoms with van der Waals surface area (Å²) in [7, 11) is 4.31. The molecule has 0 aliphatic carbocycles. The van der Waals surface area contributed by atoms with Crippen molar-refractivity contribution in [3.8, 4) is 0 Å². The zero-order chi connectivity index (χ0) is 14.0. The highest BCUT2D eigenvalue weighted by atomic mass is 16.3. The van der Waals surface area contributed by atoms with E-state index in [1.807, 2.05) is 0 Å². The van der Waals surface area contributed by atoms with Crippen molar-refractivity contribution in [1.82, 2.24) is 9.80 Å². The molecule has 1 aliphatic rings. The maximum absolute atomic E-state index is 5.99. The summed E-state index contributed by atoms with van der Waals surface area (Å²) in [4.78, 5) is 4.78. The Morgan fingerprint density at radius 1 is 1.42 bits per heavy atom. The molecule has 3 atom stereocenters. The highest BCUT2D eigenvalue weighted by Crippen LogP contribution is 2.29. The van der Waals surface area contributed by atoms with Gasteiger partial charge in [0.15, 0.2) is 0 Å². The number of hydrogen-bond acceptors (Lipinski definition) is 4. The van der Waals surface area contributed by atoms with Gasteiger partial charge in [-0.3, -0.25) is 4.90 Å². The van der Waals surface area contributed by atoms with Crippen molar-refractivity contribution in [2.24, 2.45) is 11.7 Å². The second-order valence-electron chi connectivity index (χ2n) is 5.87. The van der Waals surface area contributed by atoms with E-state index in [4.69, 9.17) is 10.2 Å². The lowest BCUT2D eigenvalue weighted by molar-refractivity contribution is 0.197. The number of hydrogen-bond donors (Lipinski definition) is 1. The lowest BCUT2D eigenvalue weighted by Gasteiger charge is -2.26. The number of nitrogens with two attached hydrogens (primary N) is 1. The Hall–Kier alpha value is -0.840. The molecule has 19 heavy (non-hydrogen) atoms. The van der Waals surface area contributed by atoms with Gasteiger partial charge in [0.05, 0.1) is 6.04 Å². The van der Waals surface area contributed by atoms with Crippen LogP contribution in [0.1, 0.15) is 31.4 Å². The van der Waals surface area contributed by atoms with Crippen molar-refractivity contribution < 1.29 is 4.42 Å². The van der Waals surface area contributed by atoms with Crippen LogP contribution in [0.4, 0.5) is 0 Å². The fourth-order valence-corrected chi connectivity index (χ4v) is 3.12. The van der Waals surface area contributed by atoms with Crippen LogP contribution in [0.15, 0.2) is 16.5 Å². The van der Waals surface area contributed by atoms with Crippen LogP contribution in [0.2, 0.25) is 0 Å². The largest absolute Gasteiger partial charge is 0.464 e. The molecule has 1 fully saturated rings. The Bertz CT molecular complexity index is 402. The van der Waals surface area contributed by atoms with Gasteiger partial charge >= 0.3 is 0 Å². The van der Waals surface area contributed by atoms with Crippen LogP contribution in [0, 0.1) is 5.92 Å². The van der Waals surface area contributed by atoms with Gasteiger partial charge in [0.25, 0.3) is 0 Å². The van der Waals surface area contributed by atoms with Gasteiger partial charge in [0.1, 0.15) is 11.5 Å². The van der Waals surface area contributed by atoms with Crippen LogP contribution in [0.5, 0.6) is 0 Å². The Balaban J connectivity index is 2.10. The lowest BCUT2D eigenvalue weighted by Crippen LogP contribution is -2.36. The molecule has 3 unspecified atom stereocenters. The van der Waals surface area contributed by atoms with E-state index in [0.717, 1.165) is 31.0 Å². The van der Waals surface area contributed by atoms with Gasteiger partial charge < -0.3 is 15.1 Å². The molecule has 2 N–H and O–H groups in total. The Morgan fingerprint density at radius 3 is 2.63 bits per heavy atom. The van der Waals surface area contributed by atoms with Crippen molar-refractivity contribution in [2.45, 2.75) is 32.4 Å². The Morgan fingerprint density at radius 2 is 2.16 bits per heavy atom. The first-order valence-electron chi connectivity index (χ1n) is 7.26. The molecule has 0 spiro atoms. The molecule has 0 aromatic carbocycles. The summed E-state index contributed by atoms with van der Waals surface area (Å²) >= 11 is 0. The molecule has 0 amide bonds. The van der Waals surface area contributed by atoms with Gasteiger partial charge in [-0.05, 0) is 32.1 Å². The summed E-state index contributed by atoms with van der Waals surface area (Å²) < 4.78 is 5.89. The fraction of sp³-hybridized carbons (Fsp3) is 0.733. The molecule has 0 saturated carbocycles. The first-order valence-corrected chi connectivity index (χ1v) is 7.26. The minimum absolute atomic E-state index is 0.215. The molecule has 2 heterocycles. The third-order valence-corrected chi connectivity index (χ3v) is 4.29. The highest BCUT2D eigenvalue weighted by Gasteiger charge is 2.35. The standard InChI is InChI=1S/C15H27N3O/c1-5-12-6-7-15(19-12)13(8-16)18-9-11(2)14(10-18)17(3)4/h6-7,11,13-14H,5,8-10,16H2,1-4H3. The van der Waals surface area contributed by atoms with E-state index >= 15 is 0 Å². The molecule has 2 rings (SSSR count). The molecule has 0 radical (unpaired) electrons. The van der Waals surface area contributed by atoms with Crippen LogP contribution in [-0.2, 0) is 6.42 Å². The third-order valence-electron chi connectivity index (χ3n) is 4.29. The summed E-state index contributed by atoms with van der Waals surface area (Å²) in [6.07, 6.45) is 0.939. The molecule has 4 heteroatoms. The van der Waals surface area contributed by atoms with E-state index in [1.54, 1.807) is 0 Å². The summed E-state index contributed by atoms with van der Waals surface area (Å²) in [5.74, 6) is 2.74. The number of furan rings is 1. The zero-order valence-electron chi connectivity index (χ0n) is 12.6. The molecule has 1 aromatic rings. The van der Waals surface area contributed by atoms with E-state index in [1.165, 1.54) is 0 Å². The summed E-state index contributed by atoms with van der Waals surface area (Å²) in [6.45, 7) is 7.20. The van der Waals surface area contributed by atoms with Crippen molar-refractivity contribution in [3.05, 3.63) is 23.7 Å². The van der Waals surface area contributed by atoms with Crippen molar-refractivity contribution >= 4 is 0 Å². The molecule has 1 saturated heterocycles. The Labute approximate surface area is 116 Å². The predicted octanol–water partition coefficient (Wildman–Crippen LogP) is 1.72. The quantitative estimate of drug-likeness (QED) is 0.880. The third kappa shape index (κ3) is 3.02. The topological polar surface area (TPSA) is 45.6 Å². The number of aryl methyl sites for hydroxylation is 1. The molecular weight excluding hydrogens is 238 g/mol. The molecule has 4 nitrogen and oxygen atoms in total. The van der Waals surface area contributed by atoms with Crippen LogP contribution in [0.3, 0.4) is 0 Å². The van der Waals surface area contributed by atoms with E-state index in [2.05, 4.69) is 49.9 Å². The maximum atomic E-state index is 5.99. The molecule has 0 bridgehead atoms. The number of likely N-dealkylation sites (tertiary alicyclic amines) is 1. The monoisotopic (exact) mass is 265 g/mol. The van der Waals surface area contributed by atoms with Gasteiger partial charge in [-0.25, -0.2) is 0 Å². The SMILES string of the molecule is CCc1ccc(C(CN)N2CC(C)C(N(C)C)C2)o1. The van der Waals surface area contributed by atoms with Crippen molar-refractivity contribution in [3.63, 3.8) is 0 Å². The first-order chi connectivity index (χ1) is 9.06. The van der Waals surface area contributed by atoms with Crippen molar-refractivity contribution in [1.29, 1.82) is 0 Å². The number of rotatable bonds is 5. The molecule has 108 valence electrons.